The van der Waals surface area contributed by atoms with Crippen LogP contribution in [0.15, 0.2) is 97.6 Å². The molecule has 0 bridgehead atoms. The highest BCUT2D eigenvalue weighted by molar-refractivity contribution is 7.17. The lowest BCUT2D eigenvalue weighted by Gasteiger charge is -2.18. The Bertz CT molecular complexity index is 1820. The van der Waals surface area contributed by atoms with E-state index >= 15 is 0 Å². The molecule has 6 rings (SSSR count). The molecule has 2 aromatic carbocycles. The van der Waals surface area contributed by atoms with E-state index in [9.17, 15) is 14.7 Å². The van der Waals surface area contributed by atoms with E-state index in [4.69, 9.17) is 4.98 Å². The number of H-pyrrole nitrogens is 1. The number of rotatable bonds is 8. The quantitative estimate of drug-likeness (QED) is 0.235. The van der Waals surface area contributed by atoms with E-state index < -0.39 is 6.10 Å². The highest BCUT2D eigenvalue weighted by atomic mass is 32.1. The highest BCUT2D eigenvalue weighted by Gasteiger charge is 2.21. The first kappa shape index (κ1) is 26.1. The Hall–Kier alpha value is -5.13. The number of aliphatic hydroxyl groups is 1. The van der Waals surface area contributed by atoms with Crippen LogP contribution in [0.3, 0.4) is 0 Å². The smallest absolute Gasteiger partial charge is 0.268 e. The molecule has 0 saturated heterocycles. The van der Waals surface area contributed by atoms with Gasteiger partial charge in [-0.15, -0.1) is 11.3 Å². The van der Waals surface area contributed by atoms with Crippen LogP contribution < -0.4 is 10.2 Å². The minimum atomic E-state index is -0.895. The minimum Gasteiger partial charge on any atom is -0.386 e. The Kier molecular flexibility index (Phi) is 7.11. The van der Waals surface area contributed by atoms with Crippen LogP contribution >= 0.6 is 11.3 Å². The number of imidazole rings is 1. The zero-order chi connectivity index (χ0) is 28.3. The fourth-order valence-electron chi connectivity index (χ4n) is 4.51. The van der Waals surface area contributed by atoms with Crippen molar-refractivity contribution in [3.05, 3.63) is 114 Å². The molecule has 1 atom stereocenters. The molecule has 0 saturated carbocycles. The first-order valence-corrected chi connectivity index (χ1v) is 13.6. The summed E-state index contributed by atoms with van der Waals surface area (Å²) in [6.45, 7) is 0.126. The third-order valence-corrected chi connectivity index (χ3v) is 7.84. The Balaban J connectivity index is 1.34. The highest BCUT2D eigenvalue weighted by Crippen LogP contribution is 2.30. The summed E-state index contributed by atoms with van der Waals surface area (Å²) < 4.78 is 1.76. The predicted octanol–water partition coefficient (Wildman–Crippen LogP) is 5.15. The zero-order valence-corrected chi connectivity index (χ0v) is 22.7. The van der Waals surface area contributed by atoms with Crippen LogP contribution in [-0.2, 0) is 6.54 Å². The number of aromatic amines is 1. The molecule has 10 nitrogen and oxygen atoms in total. The Labute approximate surface area is 238 Å². The molecule has 4 heterocycles. The number of nitrogens with one attached hydrogen (secondary N) is 2. The second-order valence-electron chi connectivity index (χ2n) is 9.36. The van der Waals surface area contributed by atoms with Gasteiger partial charge in [0.15, 0.2) is 0 Å². The molecule has 0 radical (unpaired) electrons. The molecule has 0 aliphatic heterocycles. The largest absolute Gasteiger partial charge is 0.386 e. The third kappa shape index (κ3) is 5.36. The summed E-state index contributed by atoms with van der Waals surface area (Å²) in [4.78, 5) is 38.1. The molecule has 204 valence electrons. The van der Waals surface area contributed by atoms with Gasteiger partial charge >= 0.3 is 0 Å². The fourth-order valence-corrected chi connectivity index (χ4v) is 5.40. The van der Waals surface area contributed by atoms with Gasteiger partial charge in [-0.3, -0.25) is 25.0 Å². The van der Waals surface area contributed by atoms with Gasteiger partial charge in [-0.1, -0.05) is 24.3 Å². The summed E-state index contributed by atoms with van der Waals surface area (Å²) in [7, 11) is 1.71. The number of hydrogen-bond acceptors (Lipinski definition) is 7. The van der Waals surface area contributed by atoms with Gasteiger partial charge < -0.3 is 14.6 Å². The zero-order valence-electron chi connectivity index (χ0n) is 21.9. The molecule has 4 aromatic heterocycles. The van der Waals surface area contributed by atoms with Gasteiger partial charge in [0.25, 0.3) is 11.8 Å². The van der Waals surface area contributed by atoms with Gasteiger partial charge in [-0.2, -0.15) is 5.10 Å². The molecule has 0 spiro atoms. The number of hydrogen-bond donors (Lipinski definition) is 3. The molecule has 3 N–H and O–H groups in total. The predicted molar refractivity (Wildman–Crippen MR) is 158 cm³/mol. The second kappa shape index (κ2) is 11.2. The topological polar surface area (TPSA) is 129 Å². The lowest BCUT2D eigenvalue weighted by atomic mass is 10.1. The fraction of sp³-hybridized carbons (Fsp3) is 0.100. The van der Waals surface area contributed by atoms with E-state index in [-0.39, 0.29) is 24.3 Å². The summed E-state index contributed by atoms with van der Waals surface area (Å²) in [5, 5.41) is 20.7. The van der Waals surface area contributed by atoms with E-state index in [1.54, 1.807) is 77.7 Å². The van der Waals surface area contributed by atoms with Crippen LogP contribution in [0.1, 0.15) is 31.7 Å². The number of aromatic nitrogens is 5. The van der Waals surface area contributed by atoms with Gasteiger partial charge in [-0.05, 0) is 48.5 Å². The summed E-state index contributed by atoms with van der Waals surface area (Å²) in [5.74, 6) is -0.204. The second-order valence-corrected chi connectivity index (χ2v) is 10.4. The van der Waals surface area contributed by atoms with Gasteiger partial charge in [-0.25, -0.2) is 4.98 Å². The van der Waals surface area contributed by atoms with Gasteiger partial charge in [0.1, 0.15) is 0 Å². The Morgan fingerprint density at radius 3 is 2.68 bits per heavy atom. The molecule has 0 aliphatic carbocycles. The summed E-state index contributed by atoms with van der Waals surface area (Å²) in [6.07, 6.45) is 5.82. The van der Waals surface area contributed by atoms with Crippen molar-refractivity contribution in [2.45, 2.75) is 12.6 Å². The molecule has 2 amide bonds. The lowest BCUT2D eigenvalue weighted by molar-refractivity contribution is 0.0991. The number of aliphatic hydroxyl groups excluding tert-OH is 1. The number of nitrogens with zero attached hydrogens (tertiary/aromatic N) is 5. The van der Waals surface area contributed by atoms with E-state index in [0.717, 1.165) is 10.4 Å². The summed E-state index contributed by atoms with van der Waals surface area (Å²) >= 11 is 1.34. The molecule has 0 unspecified atom stereocenters. The molecule has 11 heteroatoms. The summed E-state index contributed by atoms with van der Waals surface area (Å²) in [5.41, 5.74) is 4.00. The van der Waals surface area contributed by atoms with Crippen LogP contribution in [0, 0.1) is 0 Å². The van der Waals surface area contributed by atoms with E-state index in [1.165, 1.54) is 11.3 Å². The van der Waals surface area contributed by atoms with E-state index in [1.807, 2.05) is 36.4 Å². The first-order valence-electron chi connectivity index (χ1n) is 12.8. The number of thiophene rings is 1. The number of benzene rings is 2. The van der Waals surface area contributed by atoms with Crippen molar-refractivity contribution in [1.82, 2.24) is 24.7 Å². The minimum absolute atomic E-state index is 0.126. The molecule has 0 fully saturated rings. The van der Waals surface area contributed by atoms with Crippen molar-refractivity contribution in [1.29, 1.82) is 0 Å². The average Bonchev–Trinajstić information content (AvgIpc) is 3.78. The van der Waals surface area contributed by atoms with Crippen LogP contribution in [-0.4, -0.2) is 48.7 Å². The van der Waals surface area contributed by atoms with Crippen molar-refractivity contribution < 1.29 is 14.7 Å². The normalized spacial score (nSPS) is 11.9. The van der Waals surface area contributed by atoms with Gasteiger partial charge in [0, 0.05) is 52.9 Å². The Morgan fingerprint density at radius 2 is 1.93 bits per heavy atom. The average molecular weight is 564 g/mol. The van der Waals surface area contributed by atoms with Crippen LogP contribution in [0.5, 0.6) is 0 Å². The van der Waals surface area contributed by atoms with Gasteiger partial charge in [0.2, 0.25) is 5.95 Å². The molecular weight excluding hydrogens is 538 g/mol. The van der Waals surface area contributed by atoms with Crippen LogP contribution in [0.4, 0.5) is 11.6 Å². The van der Waals surface area contributed by atoms with Crippen molar-refractivity contribution in [2.24, 2.45) is 0 Å². The molecule has 6 aromatic rings. The standard InChI is InChI=1S/C30H25N7O3S/c1-36(29(40)19-6-3-2-4-7-19)22-9-10-24-23(14-22)34-30(37(24)18-25(38)20-8-5-13-31-15-20)35-28(39)27-12-11-26(41-27)21-16-32-33-17-21/h2-17,25,38H,18H2,1H3,(H,32,33)(H,34,35,39)/t25-/m0/s1. The van der Waals surface area contributed by atoms with Crippen molar-refractivity contribution in [3.8, 4) is 10.4 Å². The van der Waals surface area contributed by atoms with E-state index in [2.05, 4.69) is 20.5 Å². The lowest BCUT2D eigenvalue weighted by Crippen LogP contribution is -2.26. The number of anilines is 2. The molecule has 0 aliphatic rings. The maximum absolute atomic E-state index is 13.3. The van der Waals surface area contributed by atoms with E-state index in [0.29, 0.717) is 32.7 Å². The number of pyridine rings is 1. The van der Waals surface area contributed by atoms with Crippen molar-refractivity contribution in [2.75, 3.05) is 17.3 Å². The van der Waals surface area contributed by atoms with Crippen LogP contribution in [0.25, 0.3) is 21.5 Å². The maximum Gasteiger partial charge on any atom is 0.268 e. The van der Waals surface area contributed by atoms with Crippen molar-refractivity contribution in [3.63, 3.8) is 0 Å². The molecule has 41 heavy (non-hydrogen) atoms. The monoisotopic (exact) mass is 563 g/mol. The van der Waals surface area contributed by atoms with Crippen molar-refractivity contribution >= 4 is 45.8 Å². The molecular formula is C30H25N7O3S. The first-order chi connectivity index (χ1) is 20.0. The summed E-state index contributed by atoms with van der Waals surface area (Å²) in [6, 6.07) is 21.6. The third-order valence-electron chi connectivity index (χ3n) is 6.71. The number of fused-ring (bicyclic) bond motifs is 1. The number of carbonyl (C=O) groups excluding carboxylic acids is 2. The Morgan fingerprint density at radius 1 is 1.07 bits per heavy atom. The maximum atomic E-state index is 13.3. The number of amides is 2. The van der Waals surface area contributed by atoms with Crippen LogP contribution in [0.2, 0.25) is 0 Å². The number of carbonyl (C=O) groups is 2. The van der Waals surface area contributed by atoms with Gasteiger partial charge in [0.05, 0.1) is 34.8 Å². The SMILES string of the molecule is CN(C(=O)c1ccccc1)c1ccc2c(c1)nc(NC(=O)c1ccc(-c3cn[nH]c3)s1)n2C[C@H](O)c1cccnc1.